The second kappa shape index (κ2) is 4.05. The molecule has 68 valence electrons. The van der Waals surface area contributed by atoms with E-state index in [1.165, 1.54) is 18.0 Å². The Balaban J connectivity index is 2.81. The van der Waals surface area contributed by atoms with Gasteiger partial charge in [-0.2, -0.15) is 10.4 Å². The van der Waals surface area contributed by atoms with Gasteiger partial charge in [0, 0.05) is 6.20 Å². The summed E-state index contributed by atoms with van der Waals surface area (Å²) in [5.74, 6) is -0.403. The number of methoxy groups -OCH3 is 1. The van der Waals surface area contributed by atoms with Crippen molar-refractivity contribution in [3.8, 4) is 6.07 Å². The van der Waals surface area contributed by atoms with Crippen LogP contribution in [0.4, 0.5) is 0 Å². The Labute approximate surface area is 83.0 Å². The lowest BCUT2D eigenvalue weighted by atomic mass is 10.4. The van der Waals surface area contributed by atoms with Gasteiger partial charge < -0.3 is 4.74 Å². The van der Waals surface area contributed by atoms with E-state index >= 15 is 0 Å². The highest BCUT2D eigenvalue weighted by molar-refractivity contribution is 9.10. The summed E-state index contributed by atoms with van der Waals surface area (Å²) in [6, 6.07) is 1.92. The van der Waals surface area contributed by atoms with Crippen molar-refractivity contribution in [2.45, 2.75) is 6.54 Å². The van der Waals surface area contributed by atoms with E-state index in [-0.39, 0.29) is 6.54 Å². The van der Waals surface area contributed by atoms with Crippen molar-refractivity contribution in [1.29, 1.82) is 5.26 Å². The highest BCUT2D eigenvalue weighted by atomic mass is 79.9. The number of hydrogen-bond acceptors (Lipinski definition) is 4. The van der Waals surface area contributed by atoms with Gasteiger partial charge in [0.15, 0.2) is 0 Å². The van der Waals surface area contributed by atoms with E-state index in [2.05, 4.69) is 25.8 Å². The Hall–Kier alpha value is -1.35. The van der Waals surface area contributed by atoms with Gasteiger partial charge in [0.05, 0.1) is 7.11 Å². The first-order valence-corrected chi connectivity index (χ1v) is 4.16. The molecule has 0 bridgehead atoms. The number of rotatable bonds is 2. The minimum Gasteiger partial charge on any atom is -0.468 e. The molecule has 0 N–H and O–H groups in total. The van der Waals surface area contributed by atoms with Crippen LogP contribution in [0.25, 0.3) is 0 Å². The maximum atomic E-state index is 10.8. The Morgan fingerprint density at radius 2 is 2.62 bits per heavy atom. The highest BCUT2D eigenvalue weighted by Gasteiger charge is 2.08. The minimum atomic E-state index is -0.403. The molecule has 0 fully saturated rings. The van der Waals surface area contributed by atoms with Crippen molar-refractivity contribution in [3.05, 3.63) is 16.4 Å². The lowest BCUT2D eigenvalue weighted by molar-refractivity contribution is -0.141. The molecule has 0 aliphatic rings. The van der Waals surface area contributed by atoms with Crippen molar-refractivity contribution in [1.82, 2.24) is 9.78 Å². The molecule has 1 heterocycles. The number of halogens is 1. The smallest absolute Gasteiger partial charge is 0.327 e. The molecule has 0 atom stereocenters. The summed E-state index contributed by atoms with van der Waals surface area (Å²) in [5.41, 5.74) is 0.393. The number of hydrogen-bond donors (Lipinski definition) is 0. The average molecular weight is 244 g/mol. The molecule has 0 aliphatic heterocycles. The standard InChI is InChI=1S/C7H6BrN3O2/c1-13-6(12)4-11-3-5(2-9)7(8)10-11/h3H,4H2,1H3. The summed E-state index contributed by atoms with van der Waals surface area (Å²) in [6.45, 7) is 0.0107. The molecule has 6 heteroatoms. The summed E-state index contributed by atoms with van der Waals surface area (Å²) in [7, 11) is 1.30. The zero-order chi connectivity index (χ0) is 9.84. The number of carbonyl (C=O) groups excluding carboxylic acids is 1. The van der Waals surface area contributed by atoms with Gasteiger partial charge in [0.1, 0.15) is 22.8 Å². The Morgan fingerprint density at radius 1 is 1.92 bits per heavy atom. The summed E-state index contributed by atoms with van der Waals surface area (Å²) in [6.07, 6.45) is 1.47. The van der Waals surface area contributed by atoms with Gasteiger partial charge in [0.2, 0.25) is 0 Å². The van der Waals surface area contributed by atoms with Crippen LogP contribution in [0.5, 0.6) is 0 Å². The van der Waals surface area contributed by atoms with E-state index in [9.17, 15) is 4.79 Å². The Kier molecular flexibility index (Phi) is 3.03. The quantitative estimate of drug-likeness (QED) is 0.717. The van der Waals surface area contributed by atoms with Crippen LogP contribution < -0.4 is 0 Å². The molecule has 13 heavy (non-hydrogen) atoms. The first-order chi connectivity index (χ1) is 6.17. The summed E-state index contributed by atoms with van der Waals surface area (Å²) < 4.78 is 6.21. The van der Waals surface area contributed by atoms with Gasteiger partial charge >= 0.3 is 5.97 Å². The molecule has 1 aromatic rings. The van der Waals surface area contributed by atoms with E-state index < -0.39 is 5.97 Å². The van der Waals surface area contributed by atoms with Gasteiger partial charge in [0.25, 0.3) is 0 Å². The molecule has 0 aromatic carbocycles. The first kappa shape index (κ1) is 9.74. The molecule has 0 radical (unpaired) electrons. The van der Waals surface area contributed by atoms with Gasteiger partial charge in [-0.3, -0.25) is 9.48 Å². The average Bonchev–Trinajstić information content (AvgIpc) is 2.46. The number of nitrogens with zero attached hydrogens (tertiary/aromatic N) is 3. The van der Waals surface area contributed by atoms with Crippen molar-refractivity contribution in [3.63, 3.8) is 0 Å². The van der Waals surface area contributed by atoms with Crippen molar-refractivity contribution < 1.29 is 9.53 Å². The molecule has 0 amide bonds. The molecule has 0 spiro atoms. The molecule has 0 aliphatic carbocycles. The van der Waals surface area contributed by atoms with Gasteiger partial charge in [-0.15, -0.1) is 0 Å². The van der Waals surface area contributed by atoms with Gasteiger partial charge in [-0.05, 0) is 15.9 Å². The predicted octanol–water partition coefficient (Wildman–Crippen LogP) is 0.690. The largest absolute Gasteiger partial charge is 0.468 e. The first-order valence-electron chi connectivity index (χ1n) is 3.37. The Bertz CT molecular complexity index is 366. The van der Waals surface area contributed by atoms with Crippen molar-refractivity contribution in [2.75, 3.05) is 7.11 Å². The summed E-state index contributed by atoms with van der Waals surface area (Å²) in [4.78, 5) is 10.8. The van der Waals surface area contributed by atoms with Crippen LogP contribution in [-0.2, 0) is 16.1 Å². The van der Waals surface area contributed by atoms with Crippen LogP contribution in [0.2, 0.25) is 0 Å². The molecule has 0 saturated heterocycles. The van der Waals surface area contributed by atoms with Crippen LogP contribution >= 0.6 is 15.9 Å². The SMILES string of the molecule is COC(=O)Cn1cc(C#N)c(Br)n1. The van der Waals surface area contributed by atoms with Gasteiger partial charge in [-0.1, -0.05) is 0 Å². The maximum Gasteiger partial charge on any atom is 0.327 e. The molecule has 5 nitrogen and oxygen atoms in total. The highest BCUT2D eigenvalue weighted by Crippen LogP contribution is 2.12. The third-order valence-electron chi connectivity index (χ3n) is 1.36. The van der Waals surface area contributed by atoms with Crippen molar-refractivity contribution in [2.24, 2.45) is 0 Å². The lowest BCUT2D eigenvalue weighted by Gasteiger charge is -1.97. The second-order valence-corrected chi connectivity index (χ2v) is 2.97. The van der Waals surface area contributed by atoms with Crippen LogP contribution in [-0.4, -0.2) is 22.9 Å². The van der Waals surface area contributed by atoms with Crippen LogP contribution in [0, 0.1) is 11.3 Å². The van der Waals surface area contributed by atoms with Crippen molar-refractivity contribution >= 4 is 21.9 Å². The van der Waals surface area contributed by atoms with E-state index in [0.717, 1.165) is 0 Å². The molecular weight excluding hydrogens is 238 g/mol. The molecular formula is C7H6BrN3O2. The number of aromatic nitrogens is 2. The number of ether oxygens (including phenoxy) is 1. The maximum absolute atomic E-state index is 10.8. The van der Waals surface area contributed by atoms with Crippen LogP contribution in [0.1, 0.15) is 5.56 Å². The summed E-state index contributed by atoms with van der Waals surface area (Å²) >= 11 is 3.08. The van der Waals surface area contributed by atoms with Crippen LogP contribution in [0.15, 0.2) is 10.8 Å². The molecule has 0 saturated carbocycles. The third-order valence-corrected chi connectivity index (χ3v) is 1.94. The molecule has 1 aromatic heterocycles. The van der Waals surface area contributed by atoms with E-state index in [4.69, 9.17) is 5.26 Å². The fraction of sp³-hybridized carbons (Fsp3) is 0.286. The van der Waals surface area contributed by atoms with Gasteiger partial charge in [-0.25, -0.2) is 0 Å². The fourth-order valence-electron chi connectivity index (χ4n) is 0.751. The summed E-state index contributed by atoms with van der Waals surface area (Å²) in [5, 5.41) is 12.5. The topological polar surface area (TPSA) is 67.9 Å². The normalized spacial score (nSPS) is 9.31. The fourth-order valence-corrected chi connectivity index (χ4v) is 1.15. The second-order valence-electron chi connectivity index (χ2n) is 2.22. The monoisotopic (exact) mass is 243 g/mol. The molecule has 0 unspecified atom stereocenters. The zero-order valence-corrected chi connectivity index (χ0v) is 8.41. The number of nitriles is 1. The van der Waals surface area contributed by atoms with E-state index in [0.29, 0.717) is 10.2 Å². The van der Waals surface area contributed by atoms with Crippen LogP contribution in [0.3, 0.4) is 0 Å². The Morgan fingerprint density at radius 3 is 3.08 bits per heavy atom. The molecule has 1 rings (SSSR count). The third kappa shape index (κ3) is 2.29. The van der Waals surface area contributed by atoms with E-state index in [1.54, 1.807) is 0 Å². The predicted molar refractivity (Wildman–Crippen MR) is 46.7 cm³/mol. The minimum absolute atomic E-state index is 0.0107. The lowest BCUT2D eigenvalue weighted by Crippen LogP contribution is -2.11. The number of carbonyl (C=O) groups is 1. The number of esters is 1. The zero-order valence-electron chi connectivity index (χ0n) is 6.82. The van der Waals surface area contributed by atoms with E-state index in [1.807, 2.05) is 6.07 Å².